The molecule has 0 unspecified atom stereocenters. The molecule has 10 rings (SSSR count). The number of aliphatic imine (C=N–C) groups is 1. The highest BCUT2D eigenvalue weighted by Crippen LogP contribution is 2.53. The molecule has 45 heavy (non-hydrogen) atoms. The van der Waals surface area contributed by atoms with Gasteiger partial charge in [-0.15, -0.1) is 0 Å². The Balaban J connectivity index is 0.911. The lowest BCUT2D eigenvalue weighted by atomic mass is 9.92. The minimum absolute atomic E-state index is 0.0428. The summed E-state index contributed by atoms with van der Waals surface area (Å²) < 4.78 is 44.1. The molecule has 1 spiro atoms. The number of aromatic amines is 1. The lowest BCUT2D eigenvalue weighted by molar-refractivity contribution is -0.151. The molecule has 2 N–H and O–H groups in total. The molecule has 228 valence electrons. The highest BCUT2D eigenvalue weighted by Gasteiger charge is 2.47. The second-order valence-corrected chi connectivity index (χ2v) is 13.9. The molecule has 8 heteroatoms. The largest absolute Gasteiger partial charge is 0.348 e. The lowest BCUT2D eigenvalue weighted by Crippen LogP contribution is -2.41. The van der Waals surface area contributed by atoms with Gasteiger partial charge in [0, 0.05) is 59.7 Å². The van der Waals surface area contributed by atoms with Gasteiger partial charge in [-0.25, -0.2) is 4.98 Å². The molecular weight excluding hydrogens is 570 g/mol. The van der Waals surface area contributed by atoms with Gasteiger partial charge in [-0.1, -0.05) is 30.3 Å². The molecule has 6 nitrogen and oxygen atoms in total. The van der Waals surface area contributed by atoms with Gasteiger partial charge in [0.05, 0.1) is 30.8 Å². The Hall–Kier alpha value is -3.72. The van der Waals surface area contributed by atoms with Gasteiger partial charge in [0.15, 0.2) is 5.79 Å². The van der Waals surface area contributed by atoms with Crippen LogP contribution in [0.5, 0.6) is 0 Å². The number of benzene rings is 3. The Morgan fingerprint density at radius 1 is 0.844 bits per heavy atom. The van der Waals surface area contributed by atoms with E-state index in [1.165, 1.54) is 30.5 Å². The summed E-state index contributed by atoms with van der Waals surface area (Å²) in [6.45, 7) is 1.26. The van der Waals surface area contributed by atoms with Gasteiger partial charge in [-0.2, -0.15) is 8.78 Å². The van der Waals surface area contributed by atoms with E-state index < -0.39 is 11.7 Å². The Morgan fingerprint density at radius 3 is 2.38 bits per heavy atom. The van der Waals surface area contributed by atoms with Crippen LogP contribution < -0.4 is 5.32 Å². The van der Waals surface area contributed by atoms with Crippen molar-refractivity contribution in [2.75, 3.05) is 13.2 Å². The van der Waals surface area contributed by atoms with Gasteiger partial charge in [-0.3, -0.25) is 4.99 Å². The number of fused-ring (bicyclic) bond motifs is 6. The van der Waals surface area contributed by atoms with Crippen LogP contribution in [0, 0.1) is 5.92 Å². The van der Waals surface area contributed by atoms with E-state index in [1.54, 1.807) is 18.3 Å². The number of hydrogen-bond donors (Lipinski definition) is 2. The minimum atomic E-state index is -3.10. The third-order valence-corrected chi connectivity index (χ3v) is 11.3. The van der Waals surface area contributed by atoms with Crippen molar-refractivity contribution in [2.45, 2.75) is 74.7 Å². The molecule has 4 heterocycles. The number of hydrogen-bond acceptors (Lipinski definition) is 5. The lowest BCUT2D eigenvalue weighted by Gasteiger charge is -2.23. The summed E-state index contributed by atoms with van der Waals surface area (Å²) in [7, 11) is 0. The van der Waals surface area contributed by atoms with Crippen molar-refractivity contribution in [3.05, 3.63) is 83.3 Å². The van der Waals surface area contributed by atoms with Gasteiger partial charge in [-0.05, 0) is 83.7 Å². The second kappa shape index (κ2) is 9.41. The van der Waals surface area contributed by atoms with Crippen LogP contribution >= 0.6 is 0 Å². The van der Waals surface area contributed by atoms with E-state index in [4.69, 9.17) is 14.5 Å². The molecule has 2 bridgehead atoms. The summed E-state index contributed by atoms with van der Waals surface area (Å²) in [4.78, 5) is 13.0. The maximum absolute atomic E-state index is 16.2. The summed E-state index contributed by atoms with van der Waals surface area (Å²) in [5, 5.41) is 3.77. The van der Waals surface area contributed by atoms with Crippen molar-refractivity contribution in [1.82, 2.24) is 15.3 Å². The summed E-state index contributed by atoms with van der Waals surface area (Å²) in [5.41, 5.74) is 7.93. The van der Waals surface area contributed by atoms with E-state index in [-0.39, 0.29) is 17.0 Å². The number of nitrogens with zero attached hydrogens (tertiary/aromatic N) is 2. The molecule has 2 saturated carbocycles. The number of rotatable bonds is 4. The predicted molar refractivity (Wildman–Crippen MR) is 168 cm³/mol. The SMILES string of the molecule is FC1(F)c2cc(-c3ccc4c(c3)CC([C@H]3N[C@@H]5CC[C@@H]3C5)=N4)ccc2-c2ccc(-c3cnc([C@H]4CCC5(C4)OCCO5)[nH]3)cc21. The average Bonchev–Trinajstić information content (AvgIpc) is 3.91. The molecule has 1 aromatic heterocycles. The molecule has 3 aromatic carbocycles. The third-order valence-electron chi connectivity index (χ3n) is 11.3. The van der Waals surface area contributed by atoms with E-state index >= 15 is 8.78 Å². The number of ether oxygens (including phenoxy) is 2. The fourth-order valence-electron chi connectivity index (χ4n) is 9.04. The first-order valence-corrected chi connectivity index (χ1v) is 16.4. The number of nitrogens with one attached hydrogen (secondary N) is 2. The van der Waals surface area contributed by atoms with Gasteiger partial charge < -0.3 is 19.8 Å². The molecule has 4 fully saturated rings. The van der Waals surface area contributed by atoms with E-state index in [1.807, 2.05) is 30.3 Å². The van der Waals surface area contributed by atoms with Gasteiger partial charge in [0.2, 0.25) is 0 Å². The summed E-state index contributed by atoms with van der Waals surface area (Å²) in [6, 6.07) is 18.1. The van der Waals surface area contributed by atoms with E-state index in [2.05, 4.69) is 27.4 Å². The fourth-order valence-corrected chi connectivity index (χ4v) is 9.04. The number of piperidine rings is 1. The maximum atomic E-state index is 16.2. The standard InChI is InChI=1S/C37H34F2N4O2/c38-37(39)29-15-21(20-4-8-31-25(13-20)17-32(42-31)34-23-1-5-26(14-23)41-34)2-6-27(29)28-7-3-22(16-30(28)37)33-19-40-35(43-33)24-9-10-36(18-24)44-11-12-45-36/h2-4,6-8,13,15-16,19,23-24,26,34,41H,1,5,9-12,14,17-18H2,(H,40,43)/t23-,24+,26-,34+/m1/s1. The van der Waals surface area contributed by atoms with Crippen molar-refractivity contribution >= 4 is 11.4 Å². The van der Waals surface area contributed by atoms with E-state index in [0.29, 0.717) is 47.9 Å². The molecular formula is C37H34F2N4O2. The quantitative estimate of drug-likeness (QED) is 0.251. The zero-order valence-electron chi connectivity index (χ0n) is 24.9. The first-order chi connectivity index (χ1) is 21.9. The van der Waals surface area contributed by atoms with E-state index in [0.717, 1.165) is 54.0 Å². The molecule has 4 aromatic rings. The van der Waals surface area contributed by atoms with Crippen LogP contribution in [0.15, 0.2) is 65.8 Å². The first-order valence-electron chi connectivity index (χ1n) is 16.4. The van der Waals surface area contributed by atoms with Gasteiger partial charge in [0.25, 0.3) is 5.92 Å². The zero-order valence-corrected chi connectivity index (χ0v) is 24.9. The molecule has 3 aliphatic carbocycles. The Bertz CT molecular complexity index is 1910. The highest BCUT2D eigenvalue weighted by molar-refractivity contribution is 5.99. The zero-order chi connectivity index (χ0) is 29.9. The van der Waals surface area contributed by atoms with Crippen molar-refractivity contribution in [3.63, 3.8) is 0 Å². The Kier molecular flexibility index (Phi) is 5.54. The third kappa shape index (κ3) is 4.01. The summed E-state index contributed by atoms with van der Waals surface area (Å²) >= 11 is 0. The number of imidazole rings is 1. The number of H-pyrrole nitrogens is 1. The minimum Gasteiger partial charge on any atom is -0.348 e. The van der Waals surface area contributed by atoms with Crippen LogP contribution in [0.3, 0.4) is 0 Å². The molecule has 3 aliphatic heterocycles. The van der Waals surface area contributed by atoms with Crippen molar-refractivity contribution in [2.24, 2.45) is 10.9 Å². The topological polar surface area (TPSA) is 71.5 Å². The summed E-state index contributed by atoms with van der Waals surface area (Å²) in [5.74, 6) is -1.83. The molecule has 2 saturated heterocycles. The van der Waals surface area contributed by atoms with Crippen LogP contribution in [0.2, 0.25) is 0 Å². The molecule has 6 aliphatic rings. The van der Waals surface area contributed by atoms with Crippen LogP contribution in [-0.4, -0.2) is 46.8 Å². The molecule has 0 amide bonds. The first kappa shape index (κ1) is 26.5. The van der Waals surface area contributed by atoms with Crippen molar-refractivity contribution in [3.8, 4) is 33.5 Å². The van der Waals surface area contributed by atoms with E-state index in [9.17, 15) is 0 Å². The monoisotopic (exact) mass is 604 g/mol. The molecule has 0 radical (unpaired) electrons. The van der Waals surface area contributed by atoms with Gasteiger partial charge >= 0.3 is 0 Å². The van der Waals surface area contributed by atoms with Crippen LogP contribution in [-0.2, 0) is 21.8 Å². The Morgan fingerprint density at radius 2 is 1.60 bits per heavy atom. The number of aromatic nitrogens is 2. The molecule has 4 atom stereocenters. The number of halogens is 2. The number of alkyl halides is 2. The predicted octanol–water partition coefficient (Wildman–Crippen LogP) is 7.64. The van der Waals surface area contributed by atoms with Crippen LogP contribution in [0.1, 0.15) is 67.0 Å². The second-order valence-electron chi connectivity index (χ2n) is 13.9. The van der Waals surface area contributed by atoms with Crippen molar-refractivity contribution in [1.29, 1.82) is 0 Å². The smallest absolute Gasteiger partial charge is 0.299 e. The van der Waals surface area contributed by atoms with Crippen molar-refractivity contribution < 1.29 is 18.3 Å². The van der Waals surface area contributed by atoms with Gasteiger partial charge in [0.1, 0.15) is 5.82 Å². The fraction of sp³-hybridized carbons (Fsp3) is 0.405. The average molecular weight is 605 g/mol. The van der Waals surface area contributed by atoms with Crippen LogP contribution in [0.25, 0.3) is 33.5 Å². The Labute approximate surface area is 260 Å². The summed E-state index contributed by atoms with van der Waals surface area (Å²) in [6.07, 6.45) is 8.93. The normalized spacial score (nSPS) is 28.1. The highest BCUT2D eigenvalue weighted by atomic mass is 19.3. The van der Waals surface area contributed by atoms with Crippen LogP contribution in [0.4, 0.5) is 14.5 Å². The maximum Gasteiger partial charge on any atom is 0.299 e.